The smallest absolute Gasteiger partial charge is 0.338 e. The van der Waals surface area contributed by atoms with Crippen LogP contribution in [0.4, 0.5) is 0 Å². The highest BCUT2D eigenvalue weighted by Gasteiger charge is 2.25. The first-order chi connectivity index (χ1) is 9.57. The summed E-state index contributed by atoms with van der Waals surface area (Å²) in [5.41, 5.74) is -0.497. The average Bonchev–Trinajstić information content (AvgIpc) is 2.33. The Hall–Kier alpha value is -1.11. The van der Waals surface area contributed by atoms with Gasteiger partial charge in [-0.25, -0.2) is 17.9 Å². The van der Waals surface area contributed by atoms with Gasteiger partial charge in [0.15, 0.2) is 0 Å². The molecule has 0 aliphatic heterocycles. The van der Waals surface area contributed by atoms with E-state index < -0.39 is 21.5 Å². The second-order valence-electron chi connectivity index (χ2n) is 5.64. The van der Waals surface area contributed by atoms with Gasteiger partial charge in [-0.2, -0.15) is 0 Å². The van der Waals surface area contributed by atoms with E-state index in [1.165, 1.54) is 18.2 Å². The lowest BCUT2D eigenvalue weighted by Crippen LogP contribution is -2.40. The zero-order valence-electron chi connectivity index (χ0n) is 12.6. The van der Waals surface area contributed by atoms with Crippen molar-refractivity contribution in [3.05, 3.63) is 28.8 Å². The lowest BCUT2D eigenvalue weighted by atomic mass is 10.1. The number of ether oxygens (including phenoxy) is 1. The Morgan fingerprint density at radius 2 is 1.95 bits per heavy atom. The third-order valence-electron chi connectivity index (χ3n) is 2.33. The van der Waals surface area contributed by atoms with Gasteiger partial charge in [0.2, 0.25) is 10.0 Å². The van der Waals surface area contributed by atoms with Gasteiger partial charge in [-0.3, -0.25) is 0 Å². The second-order valence-corrected chi connectivity index (χ2v) is 7.69. The van der Waals surface area contributed by atoms with Gasteiger partial charge in [-0.1, -0.05) is 18.5 Å². The van der Waals surface area contributed by atoms with Crippen LogP contribution in [0, 0.1) is 0 Å². The normalized spacial score (nSPS) is 12.2. The number of carbonyl (C=O) groups excluding carboxylic acids is 1. The molecule has 1 aromatic rings. The van der Waals surface area contributed by atoms with Crippen LogP contribution >= 0.6 is 11.6 Å². The Morgan fingerprint density at radius 1 is 1.33 bits per heavy atom. The molecule has 0 aromatic heterocycles. The molecule has 0 radical (unpaired) electrons. The summed E-state index contributed by atoms with van der Waals surface area (Å²) < 4.78 is 32.1. The molecule has 0 amide bonds. The Balaban J connectivity index is 3.16. The molecule has 0 atom stereocenters. The van der Waals surface area contributed by atoms with Gasteiger partial charge >= 0.3 is 5.97 Å². The molecule has 0 aliphatic carbocycles. The highest BCUT2D eigenvalue weighted by atomic mass is 35.5. The SMILES string of the molecule is CCCOC(=O)c1ccc(Cl)c(S(=O)(=O)NC(C)(C)C)c1. The van der Waals surface area contributed by atoms with Gasteiger partial charge < -0.3 is 4.74 Å². The van der Waals surface area contributed by atoms with Crippen LogP contribution in [0.2, 0.25) is 5.02 Å². The average molecular weight is 334 g/mol. The molecular formula is C14H20ClNO4S. The minimum absolute atomic E-state index is 0.0544. The molecule has 0 fully saturated rings. The third-order valence-corrected chi connectivity index (χ3v) is 4.57. The van der Waals surface area contributed by atoms with Gasteiger partial charge in [0.05, 0.1) is 17.2 Å². The van der Waals surface area contributed by atoms with Crippen molar-refractivity contribution >= 4 is 27.6 Å². The Morgan fingerprint density at radius 3 is 2.48 bits per heavy atom. The minimum atomic E-state index is -3.81. The van der Waals surface area contributed by atoms with E-state index in [1.54, 1.807) is 20.8 Å². The van der Waals surface area contributed by atoms with Crippen molar-refractivity contribution in [1.82, 2.24) is 4.72 Å². The van der Waals surface area contributed by atoms with Crippen LogP contribution in [0.25, 0.3) is 0 Å². The summed E-state index contributed by atoms with van der Waals surface area (Å²) >= 11 is 5.95. The highest BCUT2D eigenvalue weighted by molar-refractivity contribution is 7.89. The van der Waals surface area contributed by atoms with Crippen LogP contribution in [-0.2, 0) is 14.8 Å². The predicted molar refractivity (Wildman–Crippen MR) is 82.1 cm³/mol. The molecule has 21 heavy (non-hydrogen) atoms. The van der Waals surface area contributed by atoms with E-state index in [0.717, 1.165) is 0 Å². The first kappa shape index (κ1) is 17.9. The van der Waals surface area contributed by atoms with Crippen molar-refractivity contribution in [2.75, 3.05) is 6.61 Å². The summed E-state index contributed by atoms with van der Waals surface area (Å²) in [4.78, 5) is 11.7. The molecule has 0 saturated heterocycles. The van der Waals surface area contributed by atoms with E-state index in [-0.39, 0.29) is 22.1 Å². The molecule has 0 saturated carbocycles. The minimum Gasteiger partial charge on any atom is -0.462 e. The molecule has 0 aliphatic rings. The van der Waals surface area contributed by atoms with E-state index in [2.05, 4.69) is 4.72 Å². The van der Waals surface area contributed by atoms with Crippen molar-refractivity contribution < 1.29 is 17.9 Å². The monoisotopic (exact) mass is 333 g/mol. The van der Waals surface area contributed by atoms with E-state index in [0.29, 0.717) is 6.42 Å². The molecule has 0 heterocycles. The van der Waals surface area contributed by atoms with E-state index in [4.69, 9.17) is 16.3 Å². The van der Waals surface area contributed by atoms with Crippen molar-refractivity contribution in [2.45, 2.75) is 44.6 Å². The largest absolute Gasteiger partial charge is 0.462 e. The second kappa shape index (κ2) is 6.77. The Kier molecular flexibility index (Phi) is 5.78. The molecule has 1 N–H and O–H groups in total. The summed E-state index contributed by atoms with van der Waals surface area (Å²) in [6.07, 6.45) is 0.691. The summed E-state index contributed by atoms with van der Waals surface area (Å²) in [6, 6.07) is 4.05. The maximum Gasteiger partial charge on any atom is 0.338 e. The van der Waals surface area contributed by atoms with Gasteiger partial charge in [0.1, 0.15) is 4.90 Å². The zero-order chi connectivity index (χ0) is 16.3. The predicted octanol–water partition coefficient (Wildman–Crippen LogP) is 2.98. The fraction of sp³-hybridized carbons (Fsp3) is 0.500. The fourth-order valence-corrected chi connectivity index (χ4v) is 3.52. The number of carbonyl (C=O) groups is 1. The first-order valence-electron chi connectivity index (χ1n) is 6.57. The summed E-state index contributed by atoms with van der Waals surface area (Å²) in [7, 11) is -3.81. The number of esters is 1. The van der Waals surface area contributed by atoms with Crippen LogP contribution in [-0.4, -0.2) is 26.5 Å². The van der Waals surface area contributed by atoms with Gasteiger partial charge in [-0.15, -0.1) is 0 Å². The summed E-state index contributed by atoms with van der Waals surface area (Å²) in [5.74, 6) is -0.569. The van der Waals surface area contributed by atoms with Crippen LogP contribution in [0.5, 0.6) is 0 Å². The molecule has 5 nitrogen and oxygen atoms in total. The number of hydrogen-bond donors (Lipinski definition) is 1. The van der Waals surface area contributed by atoms with Gasteiger partial charge in [-0.05, 0) is 45.4 Å². The molecule has 7 heteroatoms. The molecule has 0 bridgehead atoms. The maximum atomic E-state index is 12.3. The van der Waals surface area contributed by atoms with E-state index in [9.17, 15) is 13.2 Å². The first-order valence-corrected chi connectivity index (χ1v) is 8.43. The third kappa shape index (κ3) is 5.30. The lowest BCUT2D eigenvalue weighted by Gasteiger charge is -2.21. The Bertz CT molecular complexity index is 620. The summed E-state index contributed by atoms with van der Waals surface area (Å²) in [6.45, 7) is 7.32. The zero-order valence-corrected chi connectivity index (χ0v) is 14.1. The van der Waals surface area contributed by atoms with Crippen molar-refractivity contribution in [1.29, 1.82) is 0 Å². The van der Waals surface area contributed by atoms with Crippen LogP contribution in [0.1, 0.15) is 44.5 Å². The molecule has 0 unspecified atom stereocenters. The van der Waals surface area contributed by atoms with E-state index >= 15 is 0 Å². The van der Waals surface area contributed by atoms with Crippen molar-refractivity contribution in [3.8, 4) is 0 Å². The molecular weight excluding hydrogens is 314 g/mol. The molecule has 1 aromatic carbocycles. The molecule has 1 rings (SSSR count). The quantitative estimate of drug-likeness (QED) is 0.841. The van der Waals surface area contributed by atoms with Crippen molar-refractivity contribution in [3.63, 3.8) is 0 Å². The topological polar surface area (TPSA) is 72.5 Å². The number of halogens is 1. The standard InChI is InChI=1S/C14H20ClNO4S/c1-5-8-20-13(17)10-6-7-11(15)12(9-10)21(18,19)16-14(2,3)4/h6-7,9,16H,5,8H2,1-4H3. The molecule has 118 valence electrons. The maximum absolute atomic E-state index is 12.3. The number of rotatable bonds is 5. The van der Waals surface area contributed by atoms with Gasteiger partial charge in [0.25, 0.3) is 0 Å². The molecule has 0 spiro atoms. The van der Waals surface area contributed by atoms with E-state index in [1.807, 2.05) is 6.92 Å². The number of sulfonamides is 1. The number of benzene rings is 1. The van der Waals surface area contributed by atoms with Crippen molar-refractivity contribution in [2.24, 2.45) is 0 Å². The van der Waals surface area contributed by atoms with Crippen LogP contribution < -0.4 is 4.72 Å². The van der Waals surface area contributed by atoms with Crippen LogP contribution in [0.15, 0.2) is 23.1 Å². The highest BCUT2D eigenvalue weighted by Crippen LogP contribution is 2.24. The fourth-order valence-electron chi connectivity index (χ4n) is 1.57. The summed E-state index contributed by atoms with van der Waals surface area (Å²) in [5, 5.41) is 0.0544. The number of hydrogen-bond acceptors (Lipinski definition) is 4. The lowest BCUT2D eigenvalue weighted by molar-refractivity contribution is 0.0505. The van der Waals surface area contributed by atoms with Crippen LogP contribution in [0.3, 0.4) is 0 Å². The number of nitrogens with one attached hydrogen (secondary N) is 1. The Labute approximate surface area is 130 Å². The van der Waals surface area contributed by atoms with Gasteiger partial charge in [0, 0.05) is 5.54 Å².